The van der Waals surface area contributed by atoms with Crippen molar-refractivity contribution in [3.8, 4) is 5.69 Å². The highest BCUT2D eigenvalue weighted by molar-refractivity contribution is 6.04. The number of fused-ring (bicyclic) bond motifs is 3. The van der Waals surface area contributed by atoms with Crippen molar-refractivity contribution in [1.29, 1.82) is 0 Å². The predicted octanol–water partition coefficient (Wildman–Crippen LogP) is 4.58. The summed E-state index contributed by atoms with van der Waals surface area (Å²) in [6.45, 7) is 4.13. The van der Waals surface area contributed by atoms with Gasteiger partial charge in [0.1, 0.15) is 5.58 Å². The lowest BCUT2D eigenvalue weighted by molar-refractivity contribution is 0.669. The van der Waals surface area contributed by atoms with E-state index in [4.69, 9.17) is 10.2 Å². The minimum Gasteiger partial charge on any atom is -0.454 e. The molecule has 0 aliphatic carbocycles. The molecule has 2 aromatic heterocycles. The van der Waals surface area contributed by atoms with E-state index >= 15 is 0 Å². The van der Waals surface area contributed by atoms with Crippen molar-refractivity contribution in [1.82, 2.24) is 4.57 Å². The van der Waals surface area contributed by atoms with Crippen LogP contribution in [0.1, 0.15) is 11.1 Å². The Hall–Kier alpha value is -2.68. The van der Waals surface area contributed by atoms with Crippen LogP contribution in [-0.2, 0) is 0 Å². The van der Waals surface area contributed by atoms with Crippen molar-refractivity contribution in [2.45, 2.75) is 13.8 Å². The second-order valence-corrected chi connectivity index (χ2v) is 5.51. The highest BCUT2D eigenvalue weighted by Crippen LogP contribution is 2.33. The highest BCUT2D eigenvalue weighted by Gasteiger charge is 2.14. The van der Waals surface area contributed by atoms with Gasteiger partial charge in [0.15, 0.2) is 5.58 Å². The SMILES string of the molecule is Cc1cc(C)c(N)c(-n2ccc3oc4ccccc4c32)c1. The standard InChI is InChI=1S/C18H16N2O/c1-11-9-12(2)17(19)14(10-11)20-8-7-16-18(20)13-5-3-4-6-15(13)21-16/h3-10H,19H2,1-2H3. The maximum absolute atomic E-state index is 6.30. The molecule has 4 rings (SSSR count). The Morgan fingerprint density at radius 3 is 2.67 bits per heavy atom. The minimum absolute atomic E-state index is 0.809. The van der Waals surface area contributed by atoms with Gasteiger partial charge in [-0.3, -0.25) is 0 Å². The number of para-hydroxylation sites is 1. The van der Waals surface area contributed by atoms with Crippen molar-refractivity contribution >= 4 is 27.8 Å². The number of furan rings is 1. The molecule has 3 heteroatoms. The van der Waals surface area contributed by atoms with Gasteiger partial charge in [0.2, 0.25) is 0 Å². The van der Waals surface area contributed by atoms with Gasteiger partial charge in [0.25, 0.3) is 0 Å². The number of hydrogen-bond acceptors (Lipinski definition) is 2. The molecule has 0 unspecified atom stereocenters. The summed E-state index contributed by atoms with van der Waals surface area (Å²) in [5.41, 5.74) is 13.3. The van der Waals surface area contributed by atoms with Gasteiger partial charge in [-0.2, -0.15) is 0 Å². The van der Waals surface area contributed by atoms with Crippen molar-refractivity contribution in [3.63, 3.8) is 0 Å². The molecule has 0 aliphatic rings. The monoisotopic (exact) mass is 276 g/mol. The second-order valence-electron chi connectivity index (χ2n) is 5.51. The zero-order chi connectivity index (χ0) is 14.6. The normalized spacial score (nSPS) is 11.5. The summed E-state index contributed by atoms with van der Waals surface area (Å²) >= 11 is 0. The topological polar surface area (TPSA) is 44.1 Å². The maximum atomic E-state index is 6.30. The molecule has 2 aromatic carbocycles. The molecule has 0 aliphatic heterocycles. The largest absolute Gasteiger partial charge is 0.454 e. The van der Waals surface area contributed by atoms with E-state index < -0.39 is 0 Å². The summed E-state index contributed by atoms with van der Waals surface area (Å²) in [5.74, 6) is 0. The van der Waals surface area contributed by atoms with Gasteiger partial charge in [-0.05, 0) is 49.2 Å². The molecular formula is C18H16N2O. The fourth-order valence-electron chi connectivity index (χ4n) is 2.99. The molecule has 104 valence electrons. The summed E-state index contributed by atoms with van der Waals surface area (Å²) in [6.07, 6.45) is 2.02. The summed E-state index contributed by atoms with van der Waals surface area (Å²) < 4.78 is 8.01. The van der Waals surface area contributed by atoms with Gasteiger partial charge in [-0.15, -0.1) is 0 Å². The molecule has 4 aromatic rings. The first-order chi connectivity index (χ1) is 10.1. The Morgan fingerprint density at radius 1 is 1.00 bits per heavy atom. The van der Waals surface area contributed by atoms with E-state index in [0.717, 1.165) is 39.0 Å². The number of aromatic nitrogens is 1. The number of aryl methyl sites for hydroxylation is 2. The van der Waals surface area contributed by atoms with Crippen LogP contribution in [0.4, 0.5) is 5.69 Å². The lowest BCUT2D eigenvalue weighted by Gasteiger charge is -2.12. The molecular weight excluding hydrogens is 260 g/mol. The fraction of sp³-hybridized carbons (Fsp3) is 0.111. The van der Waals surface area contributed by atoms with Crippen LogP contribution in [0.25, 0.3) is 27.8 Å². The third-order valence-electron chi connectivity index (χ3n) is 3.98. The van der Waals surface area contributed by atoms with Crippen LogP contribution < -0.4 is 5.73 Å². The lowest BCUT2D eigenvalue weighted by Crippen LogP contribution is -2.01. The zero-order valence-electron chi connectivity index (χ0n) is 12.1. The van der Waals surface area contributed by atoms with E-state index in [0.29, 0.717) is 0 Å². The van der Waals surface area contributed by atoms with Gasteiger partial charge in [0.05, 0.1) is 16.9 Å². The molecule has 0 fully saturated rings. The molecule has 0 radical (unpaired) electrons. The van der Waals surface area contributed by atoms with Crippen molar-refractivity contribution in [2.75, 3.05) is 5.73 Å². The Bertz CT molecular complexity index is 976. The van der Waals surface area contributed by atoms with Crippen LogP contribution in [0.2, 0.25) is 0 Å². The molecule has 2 N–H and O–H groups in total. The first-order valence-electron chi connectivity index (χ1n) is 7.01. The molecule has 3 nitrogen and oxygen atoms in total. The smallest absolute Gasteiger partial charge is 0.153 e. The minimum atomic E-state index is 0.809. The van der Waals surface area contributed by atoms with Gasteiger partial charge in [-0.1, -0.05) is 18.2 Å². The van der Waals surface area contributed by atoms with Gasteiger partial charge < -0.3 is 14.7 Å². The molecule has 0 bridgehead atoms. The Balaban J connectivity index is 2.12. The highest BCUT2D eigenvalue weighted by atomic mass is 16.3. The number of benzene rings is 2. The van der Waals surface area contributed by atoms with Gasteiger partial charge in [-0.25, -0.2) is 0 Å². The van der Waals surface area contributed by atoms with Crippen molar-refractivity contribution in [3.05, 3.63) is 59.8 Å². The molecule has 0 spiro atoms. The number of nitrogen functional groups attached to an aromatic ring is 1. The molecule has 2 heterocycles. The Kier molecular flexibility index (Phi) is 2.39. The number of nitrogens with two attached hydrogens (primary N) is 1. The average Bonchev–Trinajstić information content (AvgIpc) is 3.01. The van der Waals surface area contributed by atoms with Crippen LogP contribution >= 0.6 is 0 Å². The van der Waals surface area contributed by atoms with E-state index in [1.807, 2.05) is 37.4 Å². The number of hydrogen-bond donors (Lipinski definition) is 1. The molecule has 0 saturated carbocycles. The average molecular weight is 276 g/mol. The Labute approximate surface area is 122 Å². The molecule has 21 heavy (non-hydrogen) atoms. The lowest BCUT2D eigenvalue weighted by atomic mass is 10.1. The summed E-state index contributed by atoms with van der Waals surface area (Å²) in [6, 6.07) is 14.3. The maximum Gasteiger partial charge on any atom is 0.153 e. The van der Waals surface area contributed by atoms with Crippen molar-refractivity contribution < 1.29 is 4.42 Å². The summed E-state index contributed by atoms with van der Waals surface area (Å²) in [4.78, 5) is 0. The molecule has 0 saturated heterocycles. The molecule has 0 amide bonds. The fourth-order valence-corrected chi connectivity index (χ4v) is 2.99. The molecule has 0 atom stereocenters. The van der Waals surface area contributed by atoms with Crippen LogP contribution in [0, 0.1) is 13.8 Å². The van der Waals surface area contributed by atoms with E-state index in [-0.39, 0.29) is 0 Å². The first kappa shape index (κ1) is 12.1. The first-order valence-corrected chi connectivity index (χ1v) is 7.01. The van der Waals surface area contributed by atoms with E-state index in [1.165, 1.54) is 5.56 Å². The van der Waals surface area contributed by atoms with Crippen LogP contribution in [0.5, 0.6) is 0 Å². The number of rotatable bonds is 1. The number of anilines is 1. The van der Waals surface area contributed by atoms with Crippen LogP contribution in [-0.4, -0.2) is 4.57 Å². The van der Waals surface area contributed by atoms with Gasteiger partial charge >= 0.3 is 0 Å². The number of nitrogens with zero attached hydrogens (tertiary/aromatic N) is 1. The van der Waals surface area contributed by atoms with E-state index in [1.54, 1.807) is 0 Å². The van der Waals surface area contributed by atoms with Crippen molar-refractivity contribution in [2.24, 2.45) is 0 Å². The zero-order valence-corrected chi connectivity index (χ0v) is 12.1. The second kappa shape index (κ2) is 4.16. The van der Waals surface area contributed by atoms with Crippen LogP contribution in [0.15, 0.2) is 53.1 Å². The quantitative estimate of drug-likeness (QED) is 0.517. The van der Waals surface area contributed by atoms with Crippen LogP contribution in [0.3, 0.4) is 0 Å². The summed E-state index contributed by atoms with van der Waals surface area (Å²) in [5, 5.41) is 1.11. The predicted molar refractivity (Wildman–Crippen MR) is 86.9 cm³/mol. The van der Waals surface area contributed by atoms with Gasteiger partial charge in [0, 0.05) is 11.6 Å². The third kappa shape index (κ3) is 1.67. The summed E-state index contributed by atoms with van der Waals surface area (Å²) in [7, 11) is 0. The van der Waals surface area contributed by atoms with E-state index in [2.05, 4.69) is 29.7 Å². The third-order valence-corrected chi connectivity index (χ3v) is 3.98. The van der Waals surface area contributed by atoms with E-state index in [9.17, 15) is 0 Å². The Morgan fingerprint density at radius 2 is 1.81 bits per heavy atom.